The van der Waals surface area contributed by atoms with Crippen molar-refractivity contribution in [3.8, 4) is 6.07 Å². The van der Waals surface area contributed by atoms with Crippen LogP contribution in [0.25, 0.3) is 0 Å². The largest absolute Gasteiger partial charge is 0.369 e. The van der Waals surface area contributed by atoms with Gasteiger partial charge in [-0.05, 0) is 62.5 Å². The topological polar surface area (TPSA) is 87.9 Å². The second kappa shape index (κ2) is 9.37. The number of carbonyl (C=O) groups is 1. The summed E-state index contributed by atoms with van der Waals surface area (Å²) in [5.74, 6) is -0.190. The van der Waals surface area contributed by atoms with Gasteiger partial charge in [-0.1, -0.05) is 42.0 Å². The van der Waals surface area contributed by atoms with Crippen LogP contribution in [0.2, 0.25) is 0 Å². The molecule has 0 spiro atoms. The molecule has 1 aliphatic heterocycles. The third-order valence-corrected chi connectivity index (χ3v) is 6.58. The number of aromatic nitrogens is 2. The van der Waals surface area contributed by atoms with Gasteiger partial charge in [0, 0.05) is 19.3 Å². The predicted molar refractivity (Wildman–Crippen MR) is 124 cm³/mol. The maximum absolute atomic E-state index is 12.5. The fourth-order valence-corrected chi connectivity index (χ4v) is 4.59. The summed E-state index contributed by atoms with van der Waals surface area (Å²) >= 11 is 0. The van der Waals surface area contributed by atoms with Gasteiger partial charge in [0.2, 0.25) is 5.91 Å². The molecule has 32 heavy (non-hydrogen) atoms. The number of nitrogens with two attached hydrogens (primary N) is 1. The Morgan fingerprint density at radius 3 is 2.53 bits per heavy atom. The molecule has 1 fully saturated rings. The molecule has 4 rings (SSSR count). The van der Waals surface area contributed by atoms with Gasteiger partial charge < -0.3 is 10.3 Å². The highest BCUT2D eigenvalue weighted by molar-refractivity contribution is 5.81. The van der Waals surface area contributed by atoms with Crippen molar-refractivity contribution in [2.45, 2.75) is 39.3 Å². The highest BCUT2D eigenvalue weighted by atomic mass is 16.1. The Balaban J connectivity index is 1.40. The molecule has 0 saturated carbocycles. The molecule has 1 amide bonds. The molecule has 164 valence electrons. The van der Waals surface area contributed by atoms with Gasteiger partial charge in [0.15, 0.2) is 0 Å². The SMILES string of the molecule is Cc1cccc(CC2(C(N)=O)CCN(Cc3cncn3Cc3ccc(C#N)cc3)CC2)c1. The molecular formula is C26H29N5O. The highest BCUT2D eigenvalue weighted by Crippen LogP contribution is 2.35. The molecule has 6 nitrogen and oxygen atoms in total. The first kappa shape index (κ1) is 21.8. The maximum Gasteiger partial charge on any atom is 0.224 e. The Labute approximate surface area is 189 Å². The number of aryl methyl sites for hydroxylation is 1. The molecular weight excluding hydrogens is 398 g/mol. The first-order valence-corrected chi connectivity index (χ1v) is 11.0. The van der Waals surface area contributed by atoms with Crippen LogP contribution in [-0.2, 0) is 24.3 Å². The average molecular weight is 428 g/mol. The number of rotatable bonds is 7. The zero-order valence-electron chi connectivity index (χ0n) is 18.5. The number of carbonyl (C=O) groups excluding carboxylic acids is 1. The molecule has 2 heterocycles. The van der Waals surface area contributed by atoms with E-state index in [1.54, 1.807) is 0 Å². The van der Waals surface area contributed by atoms with Gasteiger partial charge in [0.25, 0.3) is 0 Å². The van der Waals surface area contributed by atoms with Crippen molar-refractivity contribution < 1.29 is 4.79 Å². The number of hydrogen-bond acceptors (Lipinski definition) is 4. The third kappa shape index (κ3) is 4.90. The van der Waals surface area contributed by atoms with Crippen LogP contribution in [0.4, 0.5) is 0 Å². The molecule has 0 aliphatic carbocycles. The van der Waals surface area contributed by atoms with E-state index in [2.05, 4.69) is 45.6 Å². The van der Waals surface area contributed by atoms with Crippen LogP contribution >= 0.6 is 0 Å². The minimum absolute atomic E-state index is 0.190. The Bertz CT molecular complexity index is 1120. The van der Waals surface area contributed by atoms with E-state index in [0.717, 1.165) is 43.7 Å². The summed E-state index contributed by atoms with van der Waals surface area (Å²) in [6.45, 7) is 5.24. The Kier molecular flexibility index (Phi) is 6.38. The highest BCUT2D eigenvalue weighted by Gasteiger charge is 2.40. The standard InChI is InChI=1S/C26H29N5O/c1-20-3-2-4-23(13-20)14-26(25(28)32)9-11-30(12-10-26)18-24-16-29-19-31(24)17-22-7-5-21(15-27)6-8-22/h2-8,13,16,19H,9-12,14,17-18H2,1H3,(H2,28,32). The summed E-state index contributed by atoms with van der Waals surface area (Å²) in [6.07, 6.45) is 5.99. The monoisotopic (exact) mass is 427 g/mol. The molecule has 1 aromatic heterocycles. The molecule has 1 saturated heterocycles. The van der Waals surface area contributed by atoms with Gasteiger partial charge in [0.1, 0.15) is 0 Å². The number of piperidine rings is 1. The van der Waals surface area contributed by atoms with Gasteiger partial charge in [-0.2, -0.15) is 5.26 Å². The van der Waals surface area contributed by atoms with Crippen LogP contribution in [0.5, 0.6) is 0 Å². The van der Waals surface area contributed by atoms with E-state index in [1.807, 2.05) is 42.9 Å². The summed E-state index contributed by atoms with van der Waals surface area (Å²) in [5, 5.41) is 8.98. The van der Waals surface area contributed by atoms with E-state index in [0.29, 0.717) is 18.5 Å². The lowest BCUT2D eigenvalue weighted by Gasteiger charge is -2.40. The predicted octanol–water partition coefficient (Wildman–Crippen LogP) is 3.42. The summed E-state index contributed by atoms with van der Waals surface area (Å²) in [5.41, 5.74) is 10.7. The number of nitriles is 1. The molecule has 2 N–H and O–H groups in total. The van der Waals surface area contributed by atoms with Crippen LogP contribution in [-0.4, -0.2) is 33.4 Å². The smallest absolute Gasteiger partial charge is 0.224 e. The maximum atomic E-state index is 12.5. The van der Waals surface area contributed by atoms with E-state index in [-0.39, 0.29) is 5.91 Å². The van der Waals surface area contributed by atoms with E-state index in [4.69, 9.17) is 11.0 Å². The van der Waals surface area contributed by atoms with Gasteiger partial charge in [-0.15, -0.1) is 0 Å². The molecule has 0 bridgehead atoms. The second-order valence-electron chi connectivity index (χ2n) is 8.91. The van der Waals surface area contributed by atoms with Gasteiger partial charge >= 0.3 is 0 Å². The quantitative estimate of drug-likeness (QED) is 0.626. The normalized spacial score (nSPS) is 15.9. The van der Waals surface area contributed by atoms with E-state index >= 15 is 0 Å². The number of imidazole rings is 1. The van der Waals surface area contributed by atoms with Crippen molar-refractivity contribution in [2.24, 2.45) is 11.1 Å². The Morgan fingerprint density at radius 1 is 1.12 bits per heavy atom. The van der Waals surface area contributed by atoms with Crippen LogP contribution in [0.15, 0.2) is 61.1 Å². The summed E-state index contributed by atoms with van der Waals surface area (Å²) in [4.78, 5) is 19.2. The first-order valence-electron chi connectivity index (χ1n) is 11.0. The van der Waals surface area contributed by atoms with Crippen molar-refractivity contribution in [1.82, 2.24) is 14.5 Å². The third-order valence-electron chi connectivity index (χ3n) is 6.58. The van der Waals surface area contributed by atoms with Gasteiger partial charge in [-0.3, -0.25) is 9.69 Å². The summed E-state index contributed by atoms with van der Waals surface area (Å²) in [6, 6.07) is 18.2. The van der Waals surface area contributed by atoms with Gasteiger partial charge in [0.05, 0.1) is 29.1 Å². The zero-order chi connectivity index (χ0) is 22.6. The molecule has 0 unspecified atom stereocenters. The first-order chi connectivity index (χ1) is 15.5. The minimum Gasteiger partial charge on any atom is -0.369 e. The summed E-state index contributed by atoms with van der Waals surface area (Å²) < 4.78 is 2.14. The van der Waals surface area contributed by atoms with E-state index < -0.39 is 5.41 Å². The number of benzene rings is 2. The van der Waals surface area contributed by atoms with Crippen molar-refractivity contribution in [2.75, 3.05) is 13.1 Å². The van der Waals surface area contributed by atoms with Crippen molar-refractivity contribution in [1.29, 1.82) is 5.26 Å². The number of likely N-dealkylation sites (tertiary alicyclic amines) is 1. The van der Waals surface area contributed by atoms with Crippen molar-refractivity contribution in [3.63, 3.8) is 0 Å². The molecule has 2 aromatic carbocycles. The van der Waals surface area contributed by atoms with Crippen LogP contribution in [0, 0.1) is 23.7 Å². The molecule has 3 aromatic rings. The minimum atomic E-state index is -0.479. The molecule has 0 atom stereocenters. The van der Waals surface area contributed by atoms with Crippen LogP contribution in [0.3, 0.4) is 0 Å². The second-order valence-corrected chi connectivity index (χ2v) is 8.91. The summed E-state index contributed by atoms with van der Waals surface area (Å²) in [7, 11) is 0. The number of primary amides is 1. The van der Waals surface area contributed by atoms with Crippen LogP contribution < -0.4 is 5.73 Å². The van der Waals surface area contributed by atoms with Gasteiger partial charge in [-0.25, -0.2) is 4.98 Å². The number of amides is 1. The fourth-order valence-electron chi connectivity index (χ4n) is 4.59. The molecule has 6 heteroatoms. The lowest BCUT2D eigenvalue weighted by atomic mass is 9.73. The number of hydrogen-bond donors (Lipinski definition) is 1. The Morgan fingerprint density at radius 2 is 1.88 bits per heavy atom. The lowest BCUT2D eigenvalue weighted by molar-refractivity contribution is -0.130. The van der Waals surface area contributed by atoms with E-state index in [1.165, 1.54) is 11.1 Å². The van der Waals surface area contributed by atoms with Crippen molar-refractivity contribution >= 4 is 5.91 Å². The van der Waals surface area contributed by atoms with E-state index in [9.17, 15) is 4.79 Å². The van der Waals surface area contributed by atoms with Crippen LogP contribution in [0.1, 0.15) is 40.8 Å². The molecule has 0 radical (unpaired) electrons. The molecule has 1 aliphatic rings. The number of nitrogens with zero attached hydrogens (tertiary/aromatic N) is 4. The fraction of sp³-hybridized carbons (Fsp3) is 0.346. The Hall–Kier alpha value is -3.43. The average Bonchev–Trinajstić information content (AvgIpc) is 3.22. The zero-order valence-corrected chi connectivity index (χ0v) is 18.5. The lowest BCUT2D eigenvalue weighted by Crippen LogP contribution is -2.48. The van der Waals surface area contributed by atoms with Crippen molar-refractivity contribution in [3.05, 3.63) is 89.0 Å².